The number of aliphatic hydroxyl groups is 1. The Morgan fingerprint density at radius 3 is 2.75 bits per heavy atom. The van der Waals surface area contributed by atoms with Gasteiger partial charge in [-0.25, -0.2) is 9.78 Å². The Kier molecular flexibility index (Phi) is 4.25. The molecule has 0 saturated carbocycles. The van der Waals surface area contributed by atoms with Gasteiger partial charge in [-0.15, -0.1) is 0 Å². The van der Waals surface area contributed by atoms with E-state index in [2.05, 4.69) is 9.72 Å². The number of aryl methyl sites for hydroxylation is 1. The van der Waals surface area contributed by atoms with Crippen LogP contribution in [0.3, 0.4) is 0 Å². The van der Waals surface area contributed by atoms with E-state index >= 15 is 0 Å². The lowest BCUT2D eigenvalue weighted by Crippen LogP contribution is -2.24. The number of esters is 1. The van der Waals surface area contributed by atoms with E-state index in [1.165, 1.54) is 14.2 Å². The number of aromatic nitrogens is 1. The monoisotopic (exact) mass is 225 g/mol. The summed E-state index contributed by atoms with van der Waals surface area (Å²) in [7, 11) is 2.78. The molecule has 0 aromatic carbocycles. The van der Waals surface area contributed by atoms with E-state index in [4.69, 9.17) is 4.74 Å². The number of hydrogen-bond donors (Lipinski definition) is 1. The van der Waals surface area contributed by atoms with Gasteiger partial charge in [0.25, 0.3) is 0 Å². The number of ether oxygens (including phenoxy) is 2. The average molecular weight is 225 g/mol. The topological polar surface area (TPSA) is 68.7 Å². The van der Waals surface area contributed by atoms with Crippen molar-refractivity contribution in [3.05, 3.63) is 23.4 Å². The third-order valence-electron chi connectivity index (χ3n) is 2.18. The van der Waals surface area contributed by atoms with Crippen LogP contribution in [0.25, 0.3) is 0 Å². The molecule has 1 aromatic rings. The van der Waals surface area contributed by atoms with Gasteiger partial charge < -0.3 is 14.6 Å². The maximum Gasteiger partial charge on any atom is 0.335 e. The highest BCUT2D eigenvalue weighted by Crippen LogP contribution is 2.15. The number of carbonyl (C=O) groups is 1. The summed E-state index contributed by atoms with van der Waals surface area (Å²) in [5, 5.41) is 9.45. The molecule has 0 aliphatic rings. The summed E-state index contributed by atoms with van der Waals surface area (Å²) in [6.07, 6.45) is 0.599. The van der Waals surface area contributed by atoms with Crippen LogP contribution < -0.4 is 4.74 Å². The molecule has 0 aliphatic carbocycles. The second kappa shape index (κ2) is 5.46. The molecule has 0 fully saturated rings. The van der Waals surface area contributed by atoms with E-state index in [9.17, 15) is 9.90 Å². The molecule has 1 rings (SSSR count). The van der Waals surface area contributed by atoms with E-state index in [0.717, 1.165) is 11.1 Å². The Hall–Kier alpha value is -1.62. The van der Waals surface area contributed by atoms with Gasteiger partial charge in [0, 0.05) is 18.2 Å². The van der Waals surface area contributed by atoms with Gasteiger partial charge in [-0.3, -0.25) is 0 Å². The van der Waals surface area contributed by atoms with Crippen LogP contribution >= 0.6 is 0 Å². The molecular weight excluding hydrogens is 210 g/mol. The molecule has 1 aromatic heterocycles. The molecule has 0 radical (unpaired) electrons. The fourth-order valence-electron chi connectivity index (χ4n) is 1.39. The second-order valence-corrected chi connectivity index (χ2v) is 3.41. The molecule has 0 aliphatic heterocycles. The van der Waals surface area contributed by atoms with Crippen LogP contribution in [0.4, 0.5) is 0 Å². The SMILES string of the molecule is COC(=O)C(O)Cc1cnc(OC)c(C)c1. The first-order chi connectivity index (χ1) is 7.58. The minimum absolute atomic E-state index is 0.185. The van der Waals surface area contributed by atoms with Crippen molar-refractivity contribution in [1.82, 2.24) is 4.98 Å². The molecule has 0 bridgehead atoms. The lowest BCUT2D eigenvalue weighted by atomic mass is 10.1. The number of methoxy groups -OCH3 is 2. The zero-order valence-corrected chi connectivity index (χ0v) is 9.56. The first-order valence-electron chi connectivity index (χ1n) is 4.84. The summed E-state index contributed by atoms with van der Waals surface area (Å²) in [5.74, 6) is -0.107. The summed E-state index contributed by atoms with van der Waals surface area (Å²) < 4.78 is 9.43. The normalized spacial score (nSPS) is 12.0. The number of rotatable bonds is 4. The van der Waals surface area contributed by atoms with Crippen molar-refractivity contribution in [3.8, 4) is 5.88 Å². The van der Waals surface area contributed by atoms with Crippen LogP contribution in [-0.2, 0) is 16.0 Å². The Labute approximate surface area is 94.0 Å². The number of hydrogen-bond acceptors (Lipinski definition) is 5. The number of pyridine rings is 1. The Morgan fingerprint density at radius 1 is 1.56 bits per heavy atom. The van der Waals surface area contributed by atoms with Crippen molar-refractivity contribution >= 4 is 5.97 Å². The summed E-state index contributed by atoms with van der Waals surface area (Å²) in [4.78, 5) is 15.1. The van der Waals surface area contributed by atoms with Crippen LogP contribution in [0, 0.1) is 6.92 Å². The van der Waals surface area contributed by atoms with Crippen molar-refractivity contribution in [3.63, 3.8) is 0 Å². The molecule has 88 valence electrons. The molecule has 1 heterocycles. The molecule has 1 N–H and O–H groups in total. The second-order valence-electron chi connectivity index (χ2n) is 3.41. The zero-order valence-electron chi connectivity index (χ0n) is 9.56. The van der Waals surface area contributed by atoms with Crippen LogP contribution in [-0.4, -0.2) is 36.4 Å². The molecular formula is C11H15NO4. The quantitative estimate of drug-likeness (QED) is 0.754. The first kappa shape index (κ1) is 12.4. The average Bonchev–Trinajstić information content (AvgIpc) is 2.28. The van der Waals surface area contributed by atoms with Gasteiger partial charge in [-0.2, -0.15) is 0 Å². The molecule has 0 spiro atoms. The highest BCUT2D eigenvalue weighted by molar-refractivity contribution is 5.74. The van der Waals surface area contributed by atoms with Gasteiger partial charge in [0.1, 0.15) is 0 Å². The smallest absolute Gasteiger partial charge is 0.335 e. The highest BCUT2D eigenvalue weighted by atomic mass is 16.5. The zero-order chi connectivity index (χ0) is 12.1. The maximum atomic E-state index is 11.0. The summed E-state index contributed by atoms with van der Waals surface area (Å²) in [6, 6.07) is 1.82. The van der Waals surface area contributed by atoms with Gasteiger partial charge in [-0.05, 0) is 18.6 Å². The fourth-order valence-corrected chi connectivity index (χ4v) is 1.39. The third-order valence-corrected chi connectivity index (χ3v) is 2.18. The van der Waals surface area contributed by atoms with Crippen LogP contribution in [0.15, 0.2) is 12.3 Å². The molecule has 5 heteroatoms. The van der Waals surface area contributed by atoms with Crippen LogP contribution in [0.5, 0.6) is 5.88 Å². The lowest BCUT2D eigenvalue weighted by molar-refractivity contribution is -0.150. The van der Waals surface area contributed by atoms with E-state index in [-0.39, 0.29) is 6.42 Å². The molecule has 0 saturated heterocycles. The maximum absolute atomic E-state index is 11.0. The van der Waals surface area contributed by atoms with Crippen LogP contribution in [0.2, 0.25) is 0 Å². The number of aliphatic hydroxyl groups excluding tert-OH is 1. The predicted octanol–water partition coefficient (Wildman–Crippen LogP) is 0.475. The molecule has 1 unspecified atom stereocenters. The van der Waals surface area contributed by atoms with E-state index < -0.39 is 12.1 Å². The van der Waals surface area contributed by atoms with Crippen molar-refractivity contribution in [2.24, 2.45) is 0 Å². The van der Waals surface area contributed by atoms with Gasteiger partial charge >= 0.3 is 5.97 Å². The first-order valence-corrected chi connectivity index (χ1v) is 4.84. The molecule has 1 atom stereocenters. The summed E-state index contributed by atoms with van der Waals surface area (Å²) in [5.41, 5.74) is 1.62. The summed E-state index contributed by atoms with van der Waals surface area (Å²) >= 11 is 0. The van der Waals surface area contributed by atoms with Crippen LogP contribution in [0.1, 0.15) is 11.1 Å². The van der Waals surface area contributed by atoms with Crippen molar-refractivity contribution in [1.29, 1.82) is 0 Å². The molecule has 16 heavy (non-hydrogen) atoms. The van der Waals surface area contributed by atoms with Gasteiger partial charge in [-0.1, -0.05) is 0 Å². The molecule has 5 nitrogen and oxygen atoms in total. The van der Waals surface area contributed by atoms with Crippen molar-refractivity contribution < 1.29 is 19.4 Å². The highest BCUT2D eigenvalue weighted by Gasteiger charge is 2.16. The predicted molar refractivity (Wildman–Crippen MR) is 57.3 cm³/mol. The van der Waals surface area contributed by atoms with Gasteiger partial charge in [0.05, 0.1) is 14.2 Å². The van der Waals surface area contributed by atoms with Crippen molar-refractivity contribution in [2.45, 2.75) is 19.4 Å². The van der Waals surface area contributed by atoms with Gasteiger partial charge in [0.2, 0.25) is 5.88 Å². The lowest BCUT2D eigenvalue weighted by Gasteiger charge is -2.09. The Bertz CT molecular complexity index is 378. The van der Waals surface area contributed by atoms with E-state index in [1.54, 1.807) is 6.20 Å². The Balaban J connectivity index is 2.75. The van der Waals surface area contributed by atoms with Crippen molar-refractivity contribution in [2.75, 3.05) is 14.2 Å². The van der Waals surface area contributed by atoms with E-state index in [1.807, 2.05) is 13.0 Å². The minimum atomic E-state index is -1.15. The fraction of sp³-hybridized carbons (Fsp3) is 0.455. The van der Waals surface area contributed by atoms with E-state index in [0.29, 0.717) is 5.88 Å². The largest absolute Gasteiger partial charge is 0.481 e. The number of nitrogens with zero attached hydrogens (tertiary/aromatic N) is 1. The standard InChI is InChI=1S/C11H15NO4/c1-7-4-8(6-12-10(7)15-2)5-9(13)11(14)16-3/h4,6,9,13H,5H2,1-3H3. The Morgan fingerprint density at radius 2 is 2.25 bits per heavy atom. The summed E-state index contributed by atoms with van der Waals surface area (Å²) in [6.45, 7) is 1.85. The van der Waals surface area contributed by atoms with Gasteiger partial charge in [0.15, 0.2) is 6.10 Å². The third kappa shape index (κ3) is 2.93. The molecule has 0 amide bonds. The number of carbonyl (C=O) groups excluding carboxylic acids is 1. The minimum Gasteiger partial charge on any atom is -0.481 e.